The van der Waals surface area contributed by atoms with E-state index >= 15 is 0 Å². The molecular formula is C16H17NO. The fourth-order valence-corrected chi connectivity index (χ4v) is 1.69. The summed E-state index contributed by atoms with van der Waals surface area (Å²) in [5.74, 6) is 0.860. The predicted molar refractivity (Wildman–Crippen MR) is 75.6 cm³/mol. The second kappa shape index (κ2) is 6.03. The molecule has 0 saturated heterocycles. The predicted octanol–water partition coefficient (Wildman–Crippen LogP) is 3.25. The lowest BCUT2D eigenvalue weighted by Crippen LogP contribution is -2.10. The molecule has 0 aromatic heterocycles. The standard InChI is InChI=1S/C16H17NO/c1-13(11-17)12-18-16-10-6-5-9-15(16)14-7-3-2-4-8-14/h2-10H,1,11-12,17H2. The molecule has 0 amide bonds. The Morgan fingerprint density at radius 2 is 1.67 bits per heavy atom. The van der Waals surface area contributed by atoms with Gasteiger partial charge in [-0.3, -0.25) is 0 Å². The molecule has 0 atom stereocenters. The van der Waals surface area contributed by atoms with Crippen LogP contribution in [0.2, 0.25) is 0 Å². The van der Waals surface area contributed by atoms with Gasteiger partial charge in [0, 0.05) is 12.1 Å². The lowest BCUT2D eigenvalue weighted by Gasteiger charge is -2.12. The summed E-state index contributed by atoms with van der Waals surface area (Å²) in [7, 11) is 0. The summed E-state index contributed by atoms with van der Waals surface area (Å²) < 4.78 is 5.76. The van der Waals surface area contributed by atoms with Gasteiger partial charge >= 0.3 is 0 Å². The summed E-state index contributed by atoms with van der Waals surface area (Å²) in [5, 5.41) is 0. The Labute approximate surface area is 108 Å². The van der Waals surface area contributed by atoms with Gasteiger partial charge in [0.05, 0.1) is 0 Å². The molecule has 2 rings (SSSR count). The van der Waals surface area contributed by atoms with Crippen LogP contribution in [0, 0.1) is 0 Å². The quantitative estimate of drug-likeness (QED) is 0.813. The van der Waals surface area contributed by atoms with Gasteiger partial charge in [-0.15, -0.1) is 0 Å². The lowest BCUT2D eigenvalue weighted by atomic mass is 10.1. The van der Waals surface area contributed by atoms with Crippen LogP contribution >= 0.6 is 0 Å². The molecule has 0 fully saturated rings. The van der Waals surface area contributed by atoms with Crippen LogP contribution < -0.4 is 10.5 Å². The van der Waals surface area contributed by atoms with Crippen molar-refractivity contribution in [3.8, 4) is 16.9 Å². The van der Waals surface area contributed by atoms with E-state index in [0.717, 1.165) is 22.4 Å². The Balaban J connectivity index is 2.24. The van der Waals surface area contributed by atoms with Crippen molar-refractivity contribution in [2.24, 2.45) is 5.73 Å². The SMILES string of the molecule is C=C(CN)COc1ccccc1-c1ccccc1. The Bertz CT molecular complexity index is 520. The zero-order valence-electron chi connectivity index (χ0n) is 10.3. The molecule has 0 heterocycles. The first-order valence-corrected chi connectivity index (χ1v) is 5.95. The molecule has 0 radical (unpaired) electrons. The van der Waals surface area contributed by atoms with Crippen molar-refractivity contribution >= 4 is 0 Å². The van der Waals surface area contributed by atoms with Crippen molar-refractivity contribution in [1.82, 2.24) is 0 Å². The minimum Gasteiger partial charge on any atom is -0.489 e. The van der Waals surface area contributed by atoms with Crippen LogP contribution in [0.1, 0.15) is 0 Å². The molecule has 2 heteroatoms. The topological polar surface area (TPSA) is 35.2 Å². The second-order valence-corrected chi connectivity index (χ2v) is 4.10. The van der Waals surface area contributed by atoms with E-state index in [1.54, 1.807) is 0 Å². The zero-order valence-corrected chi connectivity index (χ0v) is 10.3. The Morgan fingerprint density at radius 3 is 2.39 bits per heavy atom. The molecule has 92 valence electrons. The van der Waals surface area contributed by atoms with E-state index in [9.17, 15) is 0 Å². The van der Waals surface area contributed by atoms with Gasteiger partial charge in [-0.2, -0.15) is 0 Å². The van der Waals surface area contributed by atoms with E-state index in [0.29, 0.717) is 13.2 Å². The van der Waals surface area contributed by atoms with E-state index in [2.05, 4.69) is 24.8 Å². The van der Waals surface area contributed by atoms with Crippen LogP contribution in [0.3, 0.4) is 0 Å². The molecule has 0 bridgehead atoms. The molecular weight excluding hydrogens is 222 g/mol. The van der Waals surface area contributed by atoms with E-state index < -0.39 is 0 Å². The molecule has 0 saturated carbocycles. The fraction of sp³-hybridized carbons (Fsp3) is 0.125. The summed E-state index contributed by atoms with van der Waals surface area (Å²) in [6.45, 7) is 4.75. The van der Waals surface area contributed by atoms with Gasteiger partial charge in [0.15, 0.2) is 0 Å². The van der Waals surface area contributed by atoms with Gasteiger partial charge in [-0.05, 0) is 17.2 Å². The molecule has 0 aliphatic heterocycles. The second-order valence-electron chi connectivity index (χ2n) is 4.10. The van der Waals surface area contributed by atoms with Gasteiger partial charge in [0.25, 0.3) is 0 Å². The van der Waals surface area contributed by atoms with Crippen molar-refractivity contribution in [3.05, 3.63) is 66.7 Å². The monoisotopic (exact) mass is 239 g/mol. The molecule has 2 aromatic rings. The molecule has 0 spiro atoms. The summed E-state index contributed by atoms with van der Waals surface area (Å²) in [6, 6.07) is 18.2. The highest BCUT2D eigenvalue weighted by Gasteiger charge is 2.05. The average molecular weight is 239 g/mol. The zero-order chi connectivity index (χ0) is 12.8. The van der Waals surface area contributed by atoms with Gasteiger partial charge in [0.2, 0.25) is 0 Å². The smallest absolute Gasteiger partial charge is 0.127 e. The summed E-state index contributed by atoms with van der Waals surface area (Å²) in [5.41, 5.74) is 8.62. The maximum atomic E-state index is 5.76. The minimum absolute atomic E-state index is 0.452. The minimum atomic E-state index is 0.452. The van der Waals surface area contributed by atoms with Crippen molar-refractivity contribution < 1.29 is 4.74 Å². The van der Waals surface area contributed by atoms with Gasteiger partial charge in [0.1, 0.15) is 12.4 Å². The van der Waals surface area contributed by atoms with E-state index in [-0.39, 0.29) is 0 Å². The summed E-state index contributed by atoms with van der Waals surface area (Å²) >= 11 is 0. The number of para-hydroxylation sites is 1. The third kappa shape index (κ3) is 2.99. The molecule has 2 N–H and O–H groups in total. The Hall–Kier alpha value is -2.06. The summed E-state index contributed by atoms with van der Waals surface area (Å²) in [6.07, 6.45) is 0. The maximum Gasteiger partial charge on any atom is 0.127 e. The highest BCUT2D eigenvalue weighted by atomic mass is 16.5. The first kappa shape index (κ1) is 12.4. The first-order chi connectivity index (χ1) is 8.81. The molecule has 0 aliphatic carbocycles. The summed E-state index contributed by atoms with van der Waals surface area (Å²) in [4.78, 5) is 0. The van der Waals surface area contributed by atoms with Crippen LogP contribution in [0.4, 0.5) is 0 Å². The molecule has 18 heavy (non-hydrogen) atoms. The lowest BCUT2D eigenvalue weighted by molar-refractivity contribution is 0.352. The highest BCUT2D eigenvalue weighted by molar-refractivity contribution is 5.70. The third-order valence-corrected chi connectivity index (χ3v) is 2.69. The number of nitrogens with two attached hydrogens (primary N) is 1. The van der Waals surface area contributed by atoms with Gasteiger partial charge in [-0.1, -0.05) is 55.1 Å². The van der Waals surface area contributed by atoms with Crippen LogP contribution in [-0.2, 0) is 0 Å². The normalized spacial score (nSPS) is 10.1. The van der Waals surface area contributed by atoms with E-state index in [4.69, 9.17) is 10.5 Å². The molecule has 2 nitrogen and oxygen atoms in total. The average Bonchev–Trinajstić information content (AvgIpc) is 2.46. The van der Waals surface area contributed by atoms with Crippen molar-refractivity contribution in [1.29, 1.82) is 0 Å². The fourth-order valence-electron chi connectivity index (χ4n) is 1.69. The van der Waals surface area contributed by atoms with Crippen LogP contribution in [-0.4, -0.2) is 13.2 Å². The van der Waals surface area contributed by atoms with Crippen LogP contribution in [0.15, 0.2) is 66.7 Å². The number of benzene rings is 2. The Kier molecular flexibility index (Phi) is 4.15. The van der Waals surface area contributed by atoms with Crippen LogP contribution in [0.25, 0.3) is 11.1 Å². The van der Waals surface area contributed by atoms with Gasteiger partial charge < -0.3 is 10.5 Å². The number of ether oxygens (including phenoxy) is 1. The number of rotatable bonds is 5. The number of hydrogen-bond donors (Lipinski definition) is 1. The molecule has 0 aliphatic rings. The van der Waals surface area contributed by atoms with Crippen molar-refractivity contribution in [2.75, 3.05) is 13.2 Å². The first-order valence-electron chi connectivity index (χ1n) is 5.95. The highest BCUT2D eigenvalue weighted by Crippen LogP contribution is 2.29. The van der Waals surface area contributed by atoms with E-state index in [1.807, 2.05) is 36.4 Å². The van der Waals surface area contributed by atoms with Crippen LogP contribution in [0.5, 0.6) is 5.75 Å². The largest absolute Gasteiger partial charge is 0.489 e. The Morgan fingerprint density at radius 1 is 1.00 bits per heavy atom. The number of hydrogen-bond acceptors (Lipinski definition) is 2. The van der Waals surface area contributed by atoms with E-state index in [1.165, 1.54) is 0 Å². The van der Waals surface area contributed by atoms with Crippen molar-refractivity contribution in [3.63, 3.8) is 0 Å². The van der Waals surface area contributed by atoms with Gasteiger partial charge in [-0.25, -0.2) is 0 Å². The molecule has 0 unspecified atom stereocenters. The van der Waals surface area contributed by atoms with Crippen molar-refractivity contribution in [2.45, 2.75) is 0 Å². The molecule has 2 aromatic carbocycles. The maximum absolute atomic E-state index is 5.76. The third-order valence-electron chi connectivity index (χ3n) is 2.69.